The first kappa shape index (κ1) is 14.1. The molecule has 1 aromatic heterocycles. The molecule has 6 nitrogen and oxygen atoms in total. The standard InChI is InChI=1S/C14H18N4O2/c1-2-12-8-17-13(20-12)9-16-7-10-4-3-5-11(6-10)14(15)18-19/h3-6,8,16,19H,2,7,9H2,1H3,(H2,15,18). The lowest BCUT2D eigenvalue weighted by Crippen LogP contribution is -2.15. The van der Waals surface area contributed by atoms with Crippen molar-refractivity contribution in [3.8, 4) is 0 Å². The van der Waals surface area contributed by atoms with Gasteiger partial charge < -0.3 is 20.7 Å². The Morgan fingerprint density at radius 1 is 1.45 bits per heavy atom. The highest BCUT2D eigenvalue weighted by Crippen LogP contribution is 2.07. The molecule has 0 unspecified atom stereocenters. The molecule has 0 aliphatic heterocycles. The first-order chi connectivity index (χ1) is 9.72. The normalized spacial score (nSPS) is 11.8. The van der Waals surface area contributed by atoms with Crippen molar-refractivity contribution in [1.29, 1.82) is 0 Å². The first-order valence-corrected chi connectivity index (χ1v) is 6.44. The Morgan fingerprint density at radius 3 is 3.00 bits per heavy atom. The molecule has 0 bridgehead atoms. The molecule has 0 saturated carbocycles. The number of rotatable bonds is 6. The maximum atomic E-state index is 8.66. The average molecular weight is 274 g/mol. The summed E-state index contributed by atoms with van der Waals surface area (Å²) < 4.78 is 5.50. The van der Waals surface area contributed by atoms with Gasteiger partial charge in [-0.25, -0.2) is 4.98 Å². The molecule has 106 valence electrons. The van der Waals surface area contributed by atoms with Gasteiger partial charge in [-0.15, -0.1) is 0 Å². The van der Waals surface area contributed by atoms with Gasteiger partial charge >= 0.3 is 0 Å². The molecule has 2 rings (SSSR count). The number of nitrogens with one attached hydrogen (secondary N) is 1. The molecule has 4 N–H and O–H groups in total. The van der Waals surface area contributed by atoms with E-state index in [2.05, 4.69) is 15.5 Å². The molecule has 0 spiro atoms. The van der Waals surface area contributed by atoms with Crippen LogP contribution in [0.1, 0.15) is 29.7 Å². The van der Waals surface area contributed by atoms with Crippen LogP contribution in [0.25, 0.3) is 0 Å². The fourth-order valence-corrected chi connectivity index (χ4v) is 1.81. The second-order valence-electron chi connectivity index (χ2n) is 4.36. The third-order valence-electron chi connectivity index (χ3n) is 2.89. The summed E-state index contributed by atoms with van der Waals surface area (Å²) >= 11 is 0. The minimum absolute atomic E-state index is 0.104. The molecule has 1 heterocycles. The number of oxazole rings is 1. The highest BCUT2D eigenvalue weighted by molar-refractivity contribution is 5.97. The summed E-state index contributed by atoms with van der Waals surface area (Å²) in [6.45, 7) is 3.24. The van der Waals surface area contributed by atoms with E-state index in [1.54, 1.807) is 12.3 Å². The van der Waals surface area contributed by atoms with Crippen LogP contribution in [-0.4, -0.2) is 16.0 Å². The van der Waals surface area contributed by atoms with Gasteiger partial charge in [0.1, 0.15) is 5.76 Å². The lowest BCUT2D eigenvalue weighted by atomic mass is 10.1. The molecular formula is C14H18N4O2. The predicted octanol–water partition coefficient (Wildman–Crippen LogP) is 1.62. The lowest BCUT2D eigenvalue weighted by Gasteiger charge is -2.05. The van der Waals surface area contributed by atoms with Crippen molar-refractivity contribution in [2.45, 2.75) is 26.4 Å². The van der Waals surface area contributed by atoms with Gasteiger partial charge in [0.2, 0.25) is 5.89 Å². The van der Waals surface area contributed by atoms with Gasteiger partial charge in [-0.1, -0.05) is 30.3 Å². The van der Waals surface area contributed by atoms with Crippen LogP contribution in [-0.2, 0) is 19.5 Å². The minimum Gasteiger partial charge on any atom is -0.444 e. The quantitative estimate of drug-likeness (QED) is 0.322. The Morgan fingerprint density at radius 2 is 2.30 bits per heavy atom. The molecule has 0 amide bonds. The van der Waals surface area contributed by atoms with Crippen LogP contribution < -0.4 is 11.1 Å². The third-order valence-corrected chi connectivity index (χ3v) is 2.89. The van der Waals surface area contributed by atoms with Gasteiger partial charge in [-0.3, -0.25) is 0 Å². The summed E-state index contributed by atoms with van der Waals surface area (Å²) in [6, 6.07) is 7.49. The second kappa shape index (κ2) is 6.72. The maximum absolute atomic E-state index is 8.66. The predicted molar refractivity (Wildman–Crippen MR) is 75.4 cm³/mol. The van der Waals surface area contributed by atoms with Crippen LogP contribution in [0.15, 0.2) is 40.0 Å². The first-order valence-electron chi connectivity index (χ1n) is 6.44. The number of oxime groups is 1. The fraction of sp³-hybridized carbons (Fsp3) is 0.286. The topological polar surface area (TPSA) is 96.7 Å². The van der Waals surface area contributed by atoms with Gasteiger partial charge in [-0.05, 0) is 11.6 Å². The number of amidine groups is 1. The van der Waals surface area contributed by atoms with E-state index >= 15 is 0 Å². The number of aryl methyl sites for hydroxylation is 1. The molecule has 2 aromatic rings. The van der Waals surface area contributed by atoms with E-state index in [0.29, 0.717) is 24.5 Å². The zero-order valence-electron chi connectivity index (χ0n) is 11.3. The summed E-state index contributed by atoms with van der Waals surface area (Å²) in [5.74, 6) is 1.66. The van der Waals surface area contributed by atoms with Crippen molar-refractivity contribution in [1.82, 2.24) is 10.3 Å². The smallest absolute Gasteiger partial charge is 0.208 e. The summed E-state index contributed by atoms with van der Waals surface area (Å²) in [7, 11) is 0. The minimum atomic E-state index is 0.104. The summed E-state index contributed by atoms with van der Waals surface area (Å²) in [4.78, 5) is 4.18. The van der Waals surface area contributed by atoms with E-state index in [-0.39, 0.29) is 5.84 Å². The van der Waals surface area contributed by atoms with Gasteiger partial charge in [-0.2, -0.15) is 0 Å². The molecule has 0 aliphatic rings. The highest BCUT2D eigenvalue weighted by Gasteiger charge is 2.03. The monoisotopic (exact) mass is 274 g/mol. The molecule has 6 heteroatoms. The number of aromatic nitrogens is 1. The third kappa shape index (κ3) is 3.58. The Hall–Kier alpha value is -2.34. The van der Waals surface area contributed by atoms with Crippen molar-refractivity contribution in [3.63, 3.8) is 0 Å². The van der Waals surface area contributed by atoms with Crippen LogP contribution in [0, 0.1) is 0 Å². The molecule has 0 saturated heterocycles. The van der Waals surface area contributed by atoms with E-state index in [9.17, 15) is 0 Å². The lowest BCUT2D eigenvalue weighted by molar-refractivity contribution is 0.318. The molecule has 0 fully saturated rings. The largest absolute Gasteiger partial charge is 0.444 e. The number of hydrogen-bond donors (Lipinski definition) is 3. The zero-order chi connectivity index (χ0) is 14.4. The van der Waals surface area contributed by atoms with Crippen LogP contribution in [0.4, 0.5) is 0 Å². The van der Waals surface area contributed by atoms with Gasteiger partial charge in [0.25, 0.3) is 0 Å². The van der Waals surface area contributed by atoms with Crippen molar-refractivity contribution < 1.29 is 9.62 Å². The fourth-order valence-electron chi connectivity index (χ4n) is 1.81. The van der Waals surface area contributed by atoms with Crippen LogP contribution in [0.3, 0.4) is 0 Å². The van der Waals surface area contributed by atoms with Crippen molar-refractivity contribution >= 4 is 5.84 Å². The Labute approximate surface area is 117 Å². The van der Waals surface area contributed by atoms with Crippen LogP contribution >= 0.6 is 0 Å². The molecular weight excluding hydrogens is 256 g/mol. The van der Waals surface area contributed by atoms with Crippen LogP contribution in [0.5, 0.6) is 0 Å². The SMILES string of the molecule is CCc1cnc(CNCc2cccc(/C(N)=N/O)c2)o1. The van der Waals surface area contributed by atoms with Crippen molar-refractivity contribution in [3.05, 3.63) is 53.2 Å². The number of nitrogens with zero attached hydrogens (tertiary/aromatic N) is 2. The second-order valence-corrected chi connectivity index (χ2v) is 4.36. The van der Waals surface area contributed by atoms with E-state index < -0.39 is 0 Å². The molecule has 0 atom stereocenters. The maximum Gasteiger partial charge on any atom is 0.208 e. The van der Waals surface area contributed by atoms with Crippen molar-refractivity contribution in [2.24, 2.45) is 10.9 Å². The van der Waals surface area contributed by atoms with Crippen molar-refractivity contribution in [2.75, 3.05) is 0 Å². The number of benzene rings is 1. The zero-order valence-corrected chi connectivity index (χ0v) is 11.3. The average Bonchev–Trinajstić information content (AvgIpc) is 2.95. The van der Waals surface area contributed by atoms with E-state index in [1.165, 1.54) is 0 Å². The van der Waals surface area contributed by atoms with Gasteiger partial charge in [0.05, 0.1) is 12.7 Å². The van der Waals surface area contributed by atoms with Gasteiger partial charge in [0.15, 0.2) is 5.84 Å². The number of nitrogens with two attached hydrogens (primary N) is 1. The van der Waals surface area contributed by atoms with E-state index in [1.807, 2.05) is 25.1 Å². The number of hydrogen-bond acceptors (Lipinski definition) is 5. The molecule has 0 radical (unpaired) electrons. The summed E-state index contributed by atoms with van der Waals surface area (Å²) in [5.41, 5.74) is 7.28. The Bertz CT molecular complexity index is 592. The van der Waals surface area contributed by atoms with Gasteiger partial charge in [0, 0.05) is 18.5 Å². The Balaban J connectivity index is 1.90. The summed E-state index contributed by atoms with van der Waals surface area (Å²) in [6.07, 6.45) is 2.59. The Kier molecular flexibility index (Phi) is 4.73. The summed E-state index contributed by atoms with van der Waals surface area (Å²) in [5, 5.41) is 14.9. The molecule has 20 heavy (non-hydrogen) atoms. The van der Waals surface area contributed by atoms with E-state index in [0.717, 1.165) is 17.7 Å². The molecule has 1 aromatic carbocycles. The highest BCUT2D eigenvalue weighted by atomic mass is 16.4. The molecule has 0 aliphatic carbocycles. The van der Waals surface area contributed by atoms with Crippen LogP contribution in [0.2, 0.25) is 0 Å². The van der Waals surface area contributed by atoms with E-state index in [4.69, 9.17) is 15.4 Å².